The van der Waals surface area contributed by atoms with Gasteiger partial charge in [-0.3, -0.25) is 4.98 Å². The molecular formula is C10H9N3O. The summed E-state index contributed by atoms with van der Waals surface area (Å²) in [6.45, 7) is 0.324. The second kappa shape index (κ2) is 3.83. The number of aldehydes is 1. The largest absolute Gasteiger partial charge is 0.324 e. The molecule has 70 valence electrons. The lowest BCUT2D eigenvalue weighted by atomic mass is 10.3. The van der Waals surface area contributed by atoms with Gasteiger partial charge in [-0.2, -0.15) is 0 Å². The molecule has 0 saturated heterocycles. The Morgan fingerprint density at radius 3 is 3.07 bits per heavy atom. The molecule has 0 radical (unpaired) electrons. The van der Waals surface area contributed by atoms with Crippen LogP contribution in [-0.2, 0) is 11.3 Å². The number of carbonyl (C=O) groups excluding carboxylic acids is 1. The van der Waals surface area contributed by atoms with Crippen molar-refractivity contribution in [1.82, 2.24) is 14.5 Å². The lowest BCUT2D eigenvalue weighted by molar-refractivity contribution is -0.108. The first-order chi connectivity index (χ1) is 6.92. The smallest absolute Gasteiger partial charge is 0.141 e. The molecule has 2 aromatic heterocycles. The Balaban J connectivity index is 2.41. The van der Waals surface area contributed by atoms with Crippen molar-refractivity contribution in [2.45, 2.75) is 6.54 Å². The highest BCUT2D eigenvalue weighted by Crippen LogP contribution is 2.14. The average Bonchev–Trinajstić information content (AvgIpc) is 2.68. The van der Waals surface area contributed by atoms with Crippen molar-refractivity contribution in [3.05, 3.63) is 36.9 Å². The summed E-state index contributed by atoms with van der Waals surface area (Å²) in [5.41, 5.74) is 0.916. The van der Waals surface area contributed by atoms with E-state index >= 15 is 0 Å². The van der Waals surface area contributed by atoms with Crippen LogP contribution in [0.5, 0.6) is 0 Å². The molecule has 0 aromatic carbocycles. The van der Waals surface area contributed by atoms with Crippen molar-refractivity contribution in [2.24, 2.45) is 0 Å². The second-order valence-corrected chi connectivity index (χ2v) is 2.81. The van der Waals surface area contributed by atoms with E-state index in [1.165, 1.54) is 0 Å². The van der Waals surface area contributed by atoms with Crippen molar-refractivity contribution < 1.29 is 4.79 Å². The normalized spacial score (nSPS) is 10.0. The number of hydrogen-bond acceptors (Lipinski definition) is 3. The quantitative estimate of drug-likeness (QED) is 0.677. The third kappa shape index (κ3) is 1.54. The number of carbonyl (C=O) groups is 1. The van der Waals surface area contributed by atoms with E-state index in [0.717, 1.165) is 17.7 Å². The maximum absolute atomic E-state index is 10.4. The van der Waals surface area contributed by atoms with Gasteiger partial charge in [0.1, 0.15) is 12.1 Å². The van der Waals surface area contributed by atoms with Gasteiger partial charge in [-0.1, -0.05) is 0 Å². The average molecular weight is 187 g/mol. The van der Waals surface area contributed by atoms with E-state index in [0.29, 0.717) is 6.54 Å². The lowest BCUT2D eigenvalue weighted by Gasteiger charge is -2.02. The minimum absolute atomic E-state index is 0.324. The van der Waals surface area contributed by atoms with Crippen molar-refractivity contribution >= 4 is 6.29 Å². The van der Waals surface area contributed by atoms with Crippen LogP contribution in [0.25, 0.3) is 11.4 Å². The predicted octanol–water partition coefficient (Wildman–Crippen LogP) is 1.14. The first-order valence-electron chi connectivity index (χ1n) is 4.27. The molecule has 2 rings (SSSR count). The number of aromatic nitrogens is 3. The van der Waals surface area contributed by atoms with Crippen molar-refractivity contribution in [2.75, 3.05) is 0 Å². The van der Waals surface area contributed by atoms with Crippen LogP contribution in [0.2, 0.25) is 0 Å². The molecule has 2 aromatic rings. The molecule has 0 amide bonds. The Bertz CT molecular complexity index is 422. The summed E-state index contributed by atoms with van der Waals surface area (Å²) in [5, 5.41) is 0. The maximum atomic E-state index is 10.4. The van der Waals surface area contributed by atoms with Gasteiger partial charge in [0.15, 0.2) is 0 Å². The predicted molar refractivity (Wildman–Crippen MR) is 51.5 cm³/mol. The Kier molecular flexibility index (Phi) is 2.36. The van der Waals surface area contributed by atoms with E-state index in [4.69, 9.17) is 0 Å². The summed E-state index contributed by atoms with van der Waals surface area (Å²) >= 11 is 0. The third-order valence-corrected chi connectivity index (χ3v) is 1.91. The molecule has 0 aliphatic carbocycles. The first-order valence-corrected chi connectivity index (χ1v) is 4.27. The minimum atomic E-state index is 0.324. The number of nitrogens with zero attached hydrogens (tertiary/aromatic N) is 3. The van der Waals surface area contributed by atoms with Gasteiger partial charge in [0, 0.05) is 30.4 Å². The lowest BCUT2D eigenvalue weighted by Crippen LogP contribution is -2.00. The number of hydrogen-bond donors (Lipinski definition) is 0. The zero-order valence-electron chi connectivity index (χ0n) is 7.50. The molecule has 0 atom stereocenters. The SMILES string of the molecule is O=CCn1ccnc1-c1cccnc1. The Morgan fingerprint density at radius 1 is 1.43 bits per heavy atom. The highest BCUT2D eigenvalue weighted by atomic mass is 16.1. The van der Waals surface area contributed by atoms with Crippen molar-refractivity contribution in [3.8, 4) is 11.4 Å². The highest BCUT2D eigenvalue weighted by Gasteiger charge is 2.04. The molecule has 4 nitrogen and oxygen atoms in total. The fourth-order valence-corrected chi connectivity index (χ4v) is 1.29. The molecular weight excluding hydrogens is 178 g/mol. The van der Waals surface area contributed by atoms with Gasteiger partial charge in [-0.15, -0.1) is 0 Å². The molecule has 0 spiro atoms. The number of pyridine rings is 1. The third-order valence-electron chi connectivity index (χ3n) is 1.91. The minimum Gasteiger partial charge on any atom is -0.324 e. The zero-order chi connectivity index (χ0) is 9.80. The van der Waals surface area contributed by atoms with Crippen LogP contribution >= 0.6 is 0 Å². The fraction of sp³-hybridized carbons (Fsp3) is 0.100. The highest BCUT2D eigenvalue weighted by molar-refractivity contribution is 5.57. The number of rotatable bonds is 3. The van der Waals surface area contributed by atoms with Crippen molar-refractivity contribution in [3.63, 3.8) is 0 Å². The Labute approximate surface area is 81.2 Å². The molecule has 0 fully saturated rings. The summed E-state index contributed by atoms with van der Waals surface area (Å²) in [6.07, 6.45) is 7.73. The molecule has 4 heteroatoms. The summed E-state index contributed by atoms with van der Waals surface area (Å²) in [4.78, 5) is 18.6. The van der Waals surface area contributed by atoms with Crippen LogP contribution in [0.1, 0.15) is 0 Å². The number of imidazole rings is 1. The second-order valence-electron chi connectivity index (χ2n) is 2.81. The van der Waals surface area contributed by atoms with E-state index in [-0.39, 0.29) is 0 Å². The van der Waals surface area contributed by atoms with Crippen LogP contribution < -0.4 is 0 Å². The van der Waals surface area contributed by atoms with Gasteiger partial charge in [0.2, 0.25) is 0 Å². The van der Waals surface area contributed by atoms with Crippen LogP contribution in [0.15, 0.2) is 36.9 Å². The molecule has 0 aliphatic rings. The molecule has 0 unspecified atom stereocenters. The van der Waals surface area contributed by atoms with Crippen LogP contribution in [0.4, 0.5) is 0 Å². The molecule has 0 aliphatic heterocycles. The standard InChI is InChI=1S/C10H9N3O/c14-7-6-13-5-4-12-10(13)9-2-1-3-11-8-9/h1-5,7-8H,6H2. The van der Waals surface area contributed by atoms with E-state index in [1.54, 1.807) is 29.4 Å². The van der Waals surface area contributed by atoms with Gasteiger partial charge in [0.25, 0.3) is 0 Å². The maximum Gasteiger partial charge on any atom is 0.141 e. The topological polar surface area (TPSA) is 47.8 Å². The van der Waals surface area contributed by atoms with E-state index < -0.39 is 0 Å². The molecule has 0 bridgehead atoms. The van der Waals surface area contributed by atoms with E-state index in [2.05, 4.69) is 9.97 Å². The zero-order valence-corrected chi connectivity index (χ0v) is 7.50. The summed E-state index contributed by atoms with van der Waals surface area (Å²) in [6, 6.07) is 3.76. The molecule has 0 N–H and O–H groups in total. The van der Waals surface area contributed by atoms with Crippen LogP contribution in [0, 0.1) is 0 Å². The van der Waals surface area contributed by atoms with Gasteiger partial charge in [-0.25, -0.2) is 4.98 Å². The van der Waals surface area contributed by atoms with Crippen LogP contribution in [0.3, 0.4) is 0 Å². The van der Waals surface area contributed by atoms with Gasteiger partial charge in [-0.05, 0) is 12.1 Å². The Morgan fingerprint density at radius 2 is 2.36 bits per heavy atom. The van der Waals surface area contributed by atoms with Crippen molar-refractivity contribution in [1.29, 1.82) is 0 Å². The molecule has 0 saturated carbocycles. The fourth-order valence-electron chi connectivity index (χ4n) is 1.29. The molecule has 2 heterocycles. The van der Waals surface area contributed by atoms with Gasteiger partial charge in [0.05, 0.1) is 6.54 Å². The first kappa shape index (κ1) is 8.62. The van der Waals surface area contributed by atoms with Crippen LogP contribution in [-0.4, -0.2) is 20.8 Å². The molecule has 14 heavy (non-hydrogen) atoms. The van der Waals surface area contributed by atoms with E-state index in [9.17, 15) is 4.79 Å². The summed E-state index contributed by atoms with van der Waals surface area (Å²) in [7, 11) is 0. The van der Waals surface area contributed by atoms with E-state index in [1.807, 2.05) is 12.1 Å². The Hall–Kier alpha value is -1.97. The van der Waals surface area contributed by atoms with Gasteiger partial charge < -0.3 is 9.36 Å². The monoisotopic (exact) mass is 187 g/mol. The van der Waals surface area contributed by atoms with Gasteiger partial charge >= 0.3 is 0 Å². The summed E-state index contributed by atoms with van der Waals surface area (Å²) in [5.74, 6) is 0.769. The summed E-state index contributed by atoms with van der Waals surface area (Å²) < 4.78 is 1.78.